The predicted octanol–water partition coefficient (Wildman–Crippen LogP) is 0.825. The standard InChI is InChI=1S/C8H12N2O2/c1-6(2)3-7-8(12)10(5-11)4-9-7/h4-6,12H,3H2,1-2H3. The summed E-state index contributed by atoms with van der Waals surface area (Å²) in [5.74, 6) is 0.379. The number of hydrogen-bond donors (Lipinski definition) is 1. The Morgan fingerprint density at radius 2 is 2.42 bits per heavy atom. The van der Waals surface area contributed by atoms with Gasteiger partial charge in [-0.2, -0.15) is 0 Å². The Morgan fingerprint density at radius 3 is 2.83 bits per heavy atom. The van der Waals surface area contributed by atoms with Crippen LogP contribution in [0, 0.1) is 5.92 Å². The fourth-order valence-corrected chi connectivity index (χ4v) is 1.00. The van der Waals surface area contributed by atoms with E-state index in [2.05, 4.69) is 4.98 Å². The zero-order valence-electron chi connectivity index (χ0n) is 7.19. The molecule has 0 saturated heterocycles. The average molecular weight is 168 g/mol. The topological polar surface area (TPSA) is 55.1 Å². The number of aromatic nitrogens is 2. The summed E-state index contributed by atoms with van der Waals surface area (Å²) in [7, 11) is 0. The summed E-state index contributed by atoms with van der Waals surface area (Å²) in [6.07, 6.45) is 2.54. The van der Waals surface area contributed by atoms with Crippen LogP contribution >= 0.6 is 0 Å². The maximum absolute atomic E-state index is 10.3. The second-order valence-electron chi connectivity index (χ2n) is 3.13. The molecular weight excluding hydrogens is 156 g/mol. The lowest BCUT2D eigenvalue weighted by Crippen LogP contribution is -1.96. The second-order valence-corrected chi connectivity index (χ2v) is 3.13. The van der Waals surface area contributed by atoms with Gasteiger partial charge in [-0.25, -0.2) is 9.55 Å². The van der Waals surface area contributed by atoms with Crippen molar-refractivity contribution in [2.24, 2.45) is 5.92 Å². The molecule has 0 unspecified atom stereocenters. The number of nitrogens with zero attached hydrogens (tertiary/aromatic N) is 2. The fraction of sp³-hybridized carbons (Fsp3) is 0.500. The van der Waals surface area contributed by atoms with E-state index in [1.54, 1.807) is 0 Å². The lowest BCUT2D eigenvalue weighted by molar-refractivity contribution is 0.429. The molecule has 0 aliphatic heterocycles. The predicted molar refractivity (Wildman–Crippen MR) is 44.6 cm³/mol. The molecule has 0 aliphatic carbocycles. The van der Waals surface area contributed by atoms with E-state index in [9.17, 15) is 9.90 Å². The van der Waals surface area contributed by atoms with Gasteiger partial charge in [0.1, 0.15) is 12.0 Å². The summed E-state index contributed by atoms with van der Waals surface area (Å²) in [5.41, 5.74) is 0.581. The van der Waals surface area contributed by atoms with Crippen molar-refractivity contribution in [1.29, 1.82) is 0 Å². The third kappa shape index (κ3) is 1.64. The van der Waals surface area contributed by atoms with Crippen molar-refractivity contribution in [1.82, 2.24) is 9.55 Å². The van der Waals surface area contributed by atoms with E-state index in [1.165, 1.54) is 6.33 Å². The highest BCUT2D eigenvalue weighted by Crippen LogP contribution is 2.17. The zero-order chi connectivity index (χ0) is 9.14. The van der Waals surface area contributed by atoms with Gasteiger partial charge in [0.15, 0.2) is 0 Å². The Labute approximate surface area is 70.9 Å². The maximum atomic E-state index is 10.3. The first-order chi connectivity index (χ1) is 5.65. The van der Waals surface area contributed by atoms with E-state index < -0.39 is 0 Å². The van der Waals surface area contributed by atoms with Gasteiger partial charge in [0.05, 0.1) is 0 Å². The van der Waals surface area contributed by atoms with Gasteiger partial charge in [-0.05, 0) is 12.3 Å². The highest BCUT2D eigenvalue weighted by atomic mass is 16.3. The molecule has 1 N–H and O–H groups in total. The minimum absolute atomic E-state index is 0.0429. The molecule has 1 heterocycles. The number of carbonyl (C=O) groups is 1. The van der Waals surface area contributed by atoms with Crippen molar-refractivity contribution in [3.63, 3.8) is 0 Å². The normalized spacial score (nSPS) is 10.6. The van der Waals surface area contributed by atoms with Crippen LogP contribution in [-0.2, 0) is 11.2 Å². The Bertz CT molecular complexity index is 279. The summed E-state index contributed by atoms with van der Waals surface area (Å²) in [6, 6.07) is 0. The van der Waals surface area contributed by atoms with Gasteiger partial charge >= 0.3 is 0 Å². The summed E-state index contributed by atoms with van der Waals surface area (Å²) >= 11 is 0. The van der Waals surface area contributed by atoms with Crippen molar-refractivity contribution in [2.75, 3.05) is 0 Å². The largest absolute Gasteiger partial charge is 0.493 e. The molecule has 0 radical (unpaired) electrons. The first-order valence-corrected chi connectivity index (χ1v) is 3.85. The van der Waals surface area contributed by atoms with E-state index in [4.69, 9.17) is 0 Å². The minimum Gasteiger partial charge on any atom is -0.493 e. The van der Waals surface area contributed by atoms with Crippen LogP contribution < -0.4 is 0 Å². The van der Waals surface area contributed by atoms with Gasteiger partial charge < -0.3 is 5.11 Å². The highest BCUT2D eigenvalue weighted by molar-refractivity contribution is 5.55. The molecule has 4 heteroatoms. The molecule has 0 saturated carbocycles. The van der Waals surface area contributed by atoms with E-state index >= 15 is 0 Å². The van der Waals surface area contributed by atoms with E-state index in [1.807, 2.05) is 13.8 Å². The third-order valence-corrected chi connectivity index (χ3v) is 1.56. The summed E-state index contributed by atoms with van der Waals surface area (Å²) < 4.78 is 1.07. The van der Waals surface area contributed by atoms with E-state index in [0.29, 0.717) is 24.4 Å². The number of rotatable bonds is 3. The van der Waals surface area contributed by atoms with Crippen LogP contribution in [0.4, 0.5) is 0 Å². The molecule has 0 aliphatic rings. The third-order valence-electron chi connectivity index (χ3n) is 1.56. The first-order valence-electron chi connectivity index (χ1n) is 3.85. The van der Waals surface area contributed by atoms with Gasteiger partial charge in [-0.3, -0.25) is 4.79 Å². The molecule has 0 aromatic carbocycles. The molecule has 1 rings (SSSR count). The molecule has 0 atom stereocenters. The van der Waals surface area contributed by atoms with Crippen LogP contribution in [-0.4, -0.2) is 21.1 Å². The van der Waals surface area contributed by atoms with Crippen LogP contribution in [0.1, 0.15) is 19.5 Å². The van der Waals surface area contributed by atoms with Gasteiger partial charge in [-0.15, -0.1) is 0 Å². The van der Waals surface area contributed by atoms with Crippen molar-refractivity contribution in [3.8, 4) is 5.88 Å². The van der Waals surface area contributed by atoms with Gasteiger partial charge in [0.2, 0.25) is 12.3 Å². The number of hydrogen-bond acceptors (Lipinski definition) is 3. The zero-order valence-corrected chi connectivity index (χ0v) is 7.19. The summed E-state index contributed by atoms with van der Waals surface area (Å²) in [4.78, 5) is 14.2. The molecule has 0 bridgehead atoms. The summed E-state index contributed by atoms with van der Waals surface area (Å²) in [5, 5.41) is 9.35. The smallest absolute Gasteiger partial charge is 0.221 e. The number of carbonyl (C=O) groups excluding carboxylic acids is 1. The number of imidazole rings is 1. The van der Waals surface area contributed by atoms with Crippen molar-refractivity contribution < 1.29 is 9.90 Å². The van der Waals surface area contributed by atoms with E-state index in [0.717, 1.165) is 4.57 Å². The molecule has 1 aromatic rings. The van der Waals surface area contributed by atoms with E-state index in [-0.39, 0.29) is 5.88 Å². The van der Waals surface area contributed by atoms with Gasteiger partial charge in [-0.1, -0.05) is 13.8 Å². The Morgan fingerprint density at radius 1 is 1.75 bits per heavy atom. The van der Waals surface area contributed by atoms with Crippen molar-refractivity contribution in [2.45, 2.75) is 20.3 Å². The quantitative estimate of drug-likeness (QED) is 0.680. The SMILES string of the molecule is CC(C)Cc1ncn(C=O)c1O. The average Bonchev–Trinajstić information content (AvgIpc) is 2.32. The Hall–Kier alpha value is -1.32. The minimum atomic E-state index is -0.0429. The molecule has 0 amide bonds. The molecule has 0 fully saturated rings. The second kappa shape index (κ2) is 3.38. The van der Waals surface area contributed by atoms with Crippen LogP contribution in [0.5, 0.6) is 5.88 Å². The highest BCUT2D eigenvalue weighted by Gasteiger charge is 2.09. The molecule has 4 nitrogen and oxygen atoms in total. The van der Waals surface area contributed by atoms with Crippen molar-refractivity contribution >= 4 is 6.41 Å². The molecule has 1 aromatic heterocycles. The monoisotopic (exact) mass is 168 g/mol. The molecule has 12 heavy (non-hydrogen) atoms. The van der Waals surface area contributed by atoms with Crippen LogP contribution in [0.3, 0.4) is 0 Å². The van der Waals surface area contributed by atoms with Crippen LogP contribution in [0.25, 0.3) is 0 Å². The maximum Gasteiger partial charge on any atom is 0.221 e. The Balaban J connectivity index is 2.86. The Kier molecular flexibility index (Phi) is 2.47. The van der Waals surface area contributed by atoms with Crippen LogP contribution in [0.2, 0.25) is 0 Å². The van der Waals surface area contributed by atoms with Crippen molar-refractivity contribution in [3.05, 3.63) is 12.0 Å². The first kappa shape index (κ1) is 8.77. The number of aromatic hydroxyl groups is 1. The lowest BCUT2D eigenvalue weighted by Gasteiger charge is -2.00. The van der Waals surface area contributed by atoms with Crippen LogP contribution in [0.15, 0.2) is 6.33 Å². The molecule has 66 valence electrons. The molecule has 0 spiro atoms. The van der Waals surface area contributed by atoms with Gasteiger partial charge in [0.25, 0.3) is 0 Å². The lowest BCUT2D eigenvalue weighted by atomic mass is 10.1. The fourth-order valence-electron chi connectivity index (χ4n) is 1.00. The van der Waals surface area contributed by atoms with Gasteiger partial charge in [0, 0.05) is 0 Å². The molecular formula is C8H12N2O2. The summed E-state index contributed by atoms with van der Waals surface area (Å²) in [6.45, 7) is 4.05.